The predicted molar refractivity (Wildman–Crippen MR) is 63.2 cm³/mol. The lowest BCUT2D eigenvalue weighted by molar-refractivity contribution is 0.102. The van der Waals surface area contributed by atoms with Gasteiger partial charge in [0.15, 0.2) is 5.69 Å². The van der Waals surface area contributed by atoms with Crippen molar-refractivity contribution in [3.05, 3.63) is 40.1 Å². The van der Waals surface area contributed by atoms with Gasteiger partial charge in [-0.1, -0.05) is 6.07 Å². The summed E-state index contributed by atoms with van der Waals surface area (Å²) in [5, 5.41) is 12.4. The van der Waals surface area contributed by atoms with E-state index in [-0.39, 0.29) is 11.6 Å². The van der Waals surface area contributed by atoms with Gasteiger partial charge in [0.2, 0.25) is 0 Å². The smallest absolute Gasteiger partial charge is 0.277 e. The molecule has 0 aliphatic rings. The highest BCUT2D eigenvalue weighted by Gasteiger charge is 2.10. The molecule has 0 spiro atoms. The van der Waals surface area contributed by atoms with Crippen molar-refractivity contribution in [3.63, 3.8) is 0 Å². The topological polar surface area (TPSA) is 70.7 Å². The zero-order chi connectivity index (χ0) is 11.5. The van der Waals surface area contributed by atoms with Crippen LogP contribution in [0, 0.1) is 6.92 Å². The number of H-pyrrole nitrogens is 1. The van der Waals surface area contributed by atoms with Gasteiger partial charge in [-0.25, -0.2) is 0 Å². The number of rotatable bonds is 2. The molecule has 0 aliphatic heterocycles. The SMILES string of the molecule is Cc1ccc(NC(=O)c2cn[nH]n2)c(Br)c1. The summed E-state index contributed by atoms with van der Waals surface area (Å²) < 4.78 is 0.837. The molecule has 2 rings (SSSR count). The molecule has 1 aromatic carbocycles. The maximum atomic E-state index is 11.7. The Morgan fingerprint density at radius 1 is 1.50 bits per heavy atom. The Labute approximate surface area is 100 Å². The van der Waals surface area contributed by atoms with E-state index < -0.39 is 0 Å². The number of nitrogens with zero attached hydrogens (tertiary/aromatic N) is 2. The lowest BCUT2D eigenvalue weighted by Gasteiger charge is -2.06. The molecule has 0 fully saturated rings. The first-order valence-corrected chi connectivity index (χ1v) is 5.39. The standard InChI is InChI=1S/C10H9BrN4O/c1-6-2-3-8(7(11)4-6)13-10(16)9-5-12-15-14-9/h2-5H,1H3,(H,13,16)(H,12,14,15). The van der Waals surface area contributed by atoms with Crippen molar-refractivity contribution < 1.29 is 4.79 Å². The fraction of sp³-hybridized carbons (Fsp3) is 0.100. The Morgan fingerprint density at radius 3 is 2.94 bits per heavy atom. The molecule has 1 heterocycles. The van der Waals surface area contributed by atoms with Crippen LogP contribution in [0.15, 0.2) is 28.9 Å². The van der Waals surface area contributed by atoms with Crippen molar-refractivity contribution >= 4 is 27.5 Å². The van der Waals surface area contributed by atoms with E-state index >= 15 is 0 Å². The van der Waals surface area contributed by atoms with Gasteiger partial charge in [0.05, 0.1) is 11.9 Å². The van der Waals surface area contributed by atoms with E-state index in [4.69, 9.17) is 0 Å². The molecule has 2 N–H and O–H groups in total. The van der Waals surface area contributed by atoms with Crippen LogP contribution in [0.25, 0.3) is 0 Å². The van der Waals surface area contributed by atoms with Gasteiger partial charge in [-0.2, -0.15) is 15.4 Å². The van der Waals surface area contributed by atoms with Crippen molar-refractivity contribution in [1.29, 1.82) is 0 Å². The lowest BCUT2D eigenvalue weighted by atomic mass is 10.2. The number of aromatic nitrogens is 3. The van der Waals surface area contributed by atoms with Crippen LogP contribution in [0.5, 0.6) is 0 Å². The summed E-state index contributed by atoms with van der Waals surface area (Å²) in [7, 11) is 0. The van der Waals surface area contributed by atoms with Crippen molar-refractivity contribution in [1.82, 2.24) is 15.4 Å². The fourth-order valence-corrected chi connectivity index (χ4v) is 1.81. The monoisotopic (exact) mass is 280 g/mol. The van der Waals surface area contributed by atoms with Gasteiger partial charge in [-0.3, -0.25) is 4.79 Å². The van der Waals surface area contributed by atoms with Crippen molar-refractivity contribution in [2.75, 3.05) is 5.32 Å². The van der Waals surface area contributed by atoms with Crippen LogP contribution in [0.4, 0.5) is 5.69 Å². The molecular weight excluding hydrogens is 272 g/mol. The minimum atomic E-state index is -0.293. The molecule has 0 saturated carbocycles. The third-order valence-electron chi connectivity index (χ3n) is 2.02. The van der Waals surface area contributed by atoms with E-state index in [0.29, 0.717) is 5.69 Å². The number of halogens is 1. The number of amides is 1. The zero-order valence-electron chi connectivity index (χ0n) is 8.49. The minimum Gasteiger partial charge on any atom is -0.319 e. The summed E-state index contributed by atoms with van der Waals surface area (Å²) >= 11 is 3.38. The second kappa shape index (κ2) is 4.44. The van der Waals surface area contributed by atoms with E-state index in [2.05, 4.69) is 36.7 Å². The highest BCUT2D eigenvalue weighted by atomic mass is 79.9. The van der Waals surface area contributed by atoms with Crippen LogP contribution >= 0.6 is 15.9 Å². The van der Waals surface area contributed by atoms with Gasteiger partial charge in [0.25, 0.3) is 5.91 Å². The number of benzene rings is 1. The number of carbonyl (C=O) groups excluding carboxylic acids is 1. The number of aromatic amines is 1. The highest BCUT2D eigenvalue weighted by Crippen LogP contribution is 2.23. The maximum absolute atomic E-state index is 11.7. The van der Waals surface area contributed by atoms with Crippen LogP contribution in [0.3, 0.4) is 0 Å². The molecule has 0 atom stereocenters. The summed E-state index contributed by atoms with van der Waals surface area (Å²) in [5.74, 6) is -0.293. The second-order valence-electron chi connectivity index (χ2n) is 3.29. The molecule has 0 radical (unpaired) electrons. The van der Waals surface area contributed by atoms with Crippen molar-refractivity contribution in [2.24, 2.45) is 0 Å². The Balaban J connectivity index is 2.18. The number of aryl methyl sites for hydroxylation is 1. The molecule has 16 heavy (non-hydrogen) atoms. The zero-order valence-corrected chi connectivity index (χ0v) is 10.1. The Hall–Kier alpha value is -1.69. The molecular formula is C10H9BrN4O. The number of hydrogen-bond acceptors (Lipinski definition) is 3. The number of carbonyl (C=O) groups is 1. The molecule has 82 valence electrons. The predicted octanol–water partition coefficient (Wildman–Crippen LogP) is 2.13. The van der Waals surface area contributed by atoms with Crippen LogP contribution in [0.1, 0.15) is 16.1 Å². The van der Waals surface area contributed by atoms with E-state index in [1.807, 2.05) is 25.1 Å². The van der Waals surface area contributed by atoms with Gasteiger partial charge in [-0.15, -0.1) is 0 Å². The van der Waals surface area contributed by atoms with E-state index in [9.17, 15) is 4.79 Å². The van der Waals surface area contributed by atoms with Gasteiger partial charge in [-0.05, 0) is 40.5 Å². The summed E-state index contributed by atoms with van der Waals surface area (Å²) in [6.07, 6.45) is 1.37. The van der Waals surface area contributed by atoms with Gasteiger partial charge in [0, 0.05) is 4.47 Å². The molecule has 1 aromatic heterocycles. The highest BCUT2D eigenvalue weighted by molar-refractivity contribution is 9.10. The Morgan fingerprint density at radius 2 is 2.31 bits per heavy atom. The first-order valence-electron chi connectivity index (χ1n) is 4.60. The molecule has 2 aromatic rings. The first-order chi connectivity index (χ1) is 7.66. The average Bonchev–Trinajstić information content (AvgIpc) is 2.75. The molecule has 0 unspecified atom stereocenters. The summed E-state index contributed by atoms with van der Waals surface area (Å²) in [6, 6.07) is 5.68. The number of nitrogens with one attached hydrogen (secondary N) is 2. The van der Waals surface area contributed by atoms with Crippen molar-refractivity contribution in [2.45, 2.75) is 6.92 Å². The first kappa shape index (κ1) is 10.8. The van der Waals surface area contributed by atoms with Crippen LogP contribution in [-0.2, 0) is 0 Å². The average molecular weight is 281 g/mol. The van der Waals surface area contributed by atoms with Crippen LogP contribution in [0.2, 0.25) is 0 Å². The number of anilines is 1. The Kier molecular flexibility index (Phi) is 3.00. The third kappa shape index (κ3) is 2.27. The number of hydrogen-bond donors (Lipinski definition) is 2. The second-order valence-corrected chi connectivity index (χ2v) is 4.15. The normalized spacial score (nSPS) is 10.1. The minimum absolute atomic E-state index is 0.257. The quantitative estimate of drug-likeness (QED) is 0.885. The van der Waals surface area contributed by atoms with E-state index in [0.717, 1.165) is 10.0 Å². The molecule has 0 bridgehead atoms. The maximum Gasteiger partial charge on any atom is 0.277 e. The van der Waals surface area contributed by atoms with E-state index in [1.54, 1.807) is 0 Å². The van der Waals surface area contributed by atoms with Crippen molar-refractivity contribution in [3.8, 4) is 0 Å². The lowest BCUT2D eigenvalue weighted by Crippen LogP contribution is -2.12. The Bertz CT molecular complexity index is 510. The molecule has 0 aliphatic carbocycles. The summed E-state index contributed by atoms with van der Waals surface area (Å²) in [5.41, 5.74) is 2.08. The molecule has 0 saturated heterocycles. The summed E-state index contributed by atoms with van der Waals surface area (Å²) in [6.45, 7) is 1.98. The van der Waals surface area contributed by atoms with E-state index in [1.165, 1.54) is 6.20 Å². The fourth-order valence-electron chi connectivity index (χ4n) is 1.22. The molecule has 1 amide bonds. The van der Waals surface area contributed by atoms with Gasteiger partial charge < -0.3 is 5.32 Å². The van der Waals surface area contributed by atoms with Crippen LogP contribution < -0.4 is 5.32 Å². The van der Waals surface area contributed by atoms with Gasteiger partial charge in [0.1, 0.15) is 0 Å². The molecule has 6 heteroatoms. The third-order valence-corrected chi connectivity index (χ3v) is 2.68. The van der Waals surface area contributed by atoms with Crippen LogP contribution in [-0.4, -0.2) is 21.3 Å². The largest absolute Gasteiger partial charge is 0.319 e. The van der Waals surface area contributed by atoms with Gasteiger partial charge >= 0.3 is 0 Å². The molecule has 5 nitrogen and oxygen atoms in total. The summed E-state index contributed by atoms with van der Waals surface area (Å²) in [4.78, 5) is 11.7.